The van der Waals surface area contributed by atoms with E-state index in [2.05, 4.69) is 20.3 Å². The monoisotopic (exact) mass is 397 g/mol. The number of halogens is 1. The Balaban J connectivity index is 2.19. The van der Waals surface area contributed by atoms with E-state index >= 15 is 0 Å². The van der Waals surface area contributed by atoms with E-state index in [9.17, 15) is 18.0 Å². The van der Waals surface area contributed by atoms with Gasteiger partial charge in [-0.1, -0.05) is 5.16 Å². The van der Waals surface area contributed by atoms with Crippen molar-refractivity contribution < 1.29 is 27.4 Å². The van der Waals surface area contributed by atoms with Gasteiger partial charge in [-0.25, -0.2) is 9.29 Å². The second-order valence-electron chi connectivity index (χ2n) is 4.48. The fourth-order valence-electron chi connectivity index (χ4n) is 2.01. The van der Waals surface area contributed by atoms with Crippen LogP contribution in [0.2, 0.25) is 0 Å². The van der Waals surface area contributed by atoms with E-state index in [1.54, 1.807) is 0 Å². The second-order valence-corrected chi connectivity index (χ2v) is 6.97. The number of nitrogens with one attached hydrogen (secondary N) is 1. The zero-order valence-electron chi connectivity index (χ0n) is 12.0. The summed E-state index contributed by atoms with van der Waals surface area (Å²) >= 11 is 6.67. The minimum Gasteiger partial charge on any atom is -0.398 e. The van der Waals surface area contributed by atoms with E-state index in [0.29, 0.717) is 0 Å². The van der Waals surface area contributed by atoms with E-state index in [1.807, 2.05) is 0 Å². The minimum absolute atomic E-state index is 0.123. The van der Waals surface area contributed by atoms with Crippen molar-refractivity contribution >= 4 is 55.9 Å². The Morgan fingerprint density at radius 2 is 2.33 bits per heavy atom. The predicted octanol–water partition coefficient (Wildman–Crippen LogP) is -1.19. The van der Waals surface area contributed by atoms with Gasteiger partial charge in [0.25, 0.3) is 11.8 Å². The summed E-state index contributed by atoms with van der Waals surface area (Å²) in [6.45, 7) is 0. The minimum atomic E-state index is -4.76. The molecule has 24 heavy (non-hydrogen) atoms. The van der Waals surface area contributed by atoms with Crippen molar-refractivity contribution in [3.8, 4) is 0 Å². The highest BCUT2D eigenvalue weighted by atomic mass is 35.5. The number of hydrogen-bond acceptors (Lipinski definition) is 9. The number of hydrogen-bond donors (Lipinski definition) is 3. The van der Waals surface area contributed by atoms with Gasteiger partial charge in [-0.3, -0.25) is 14.1 Å². The maximum Gasteiger partial charge on any atom is 0.362 e. The Morgan fingerprint density at radius 1 is 1.67 bits per heavy atom. The molecular weight excluding hydrogens is 386 g/mol. The summed E-state index contributed by atoms with van der Waals surface area (Å²) in [6.07, 6.45) is 0. The summed E-state index contributed by atoms with van der Waals surface area (Å²) in [5, 5.41) is 7.46. The number of thiazole rings is 1. The summed E-state index contributed by atoms with van der Waals surface area (Å²) < 4.78 is 31.4. The van der Waals surface area contributed by atoms with Crippen LogP contribution in [-0.2, 0) is 24.7 Å². The second kappa shape index (κ2) is 6.88. The lowest BCUT2D eigenvalue weighted by Crippen LogP contribution is -2.73. The van der Waals surface area contributed by atoms with Crippen LogP contribution in [0.4, 0.5) is 5.13 Å². The van der Waals surface area contributed by atoms with Gasteiger partial charge in [0.15, 0.2) is 10.8 Å². The number of β-lactam (4-membered cyclic amide) rings is 1. The third kappa shape index (κ3) is 3.43. The van der Waals surface area contributed by atoms with Crippen LogP contribution in [0, 0.1) is 0 Å². The molecule has 2 rings (SSSR count). The fraction of sp³-hybridized carbons (Fsp3) is 0.400. The van der Waals surface area contributed by atoms with Crippen molar-refractivity contribution in [1.29, 1.82) is 0 Å². The largest absolute Gasteiger partial charge is 0.398 e. The molecule has 0 spiro atoms. The summed E-state index contributed by atoms with van der Waals surface area (Å²) in [6, 6.07) is -2.36. The Bertz CT molecular complexity index is 793. The zero-order chi connectivity index (χ0) is 18.1. The highest BCUT2D eigenvalue weighted by Gasteiger charge is 2.53. The van der Waals surface area contributed by atoms with Crippen LogP contribution < -0.4 is 11.1 Å². The van der Waals surface area contributed by atoms with E-state index < -0.39 is 34.2 Å². The quantitative estimate of drug-likeness (QED) is 0.177. The van der Waals surface area contributed by atoms with Gasteiger partial charge < -0.3 is 15.9 Å². The molecule has 1 fully saturated rings. The number of aromatic nitrogens is 1. The standard InChI is InChI=1S/C10H12ClN5O6S2/c1-22-15-6(4-3-23-10(12)13-4)8(17)14-7-5(2-11)16(9(7)18)24(19,20)21/h3,5,7H,2H2,1H3,(H2,12,13)(H,14,17)(H,19,20,21)/b15-6-. The van der Waals surface area contributed by atoms with Crippen LogP contribution in [-0.4, -0.2) is 64.9 Å². The van der Waals surface area contributed by atoms with Crippen LogP contribution in [0.5, 0.6) is 0 Å². The van der Waals surface area contributed by atoms with Gasteiger partial charge in [0.1, 0.15) is 18.8 Å². The maximum absolute atomic E-state index is 12.3. The average Bonchev–Trinajstić information content (AvgIpc) is 2.91. The van der Waals surface area contributed by atoms with Crippen molar-refractivity contribution in [1.82, 2.24) is 14.6 Å². The molecular formula is C10H12ClN5O6S2. The van der Waals surface area contributed by atoms with Crippen LogP contribution >= 0.6 is 22.9 Å². The molecule has 0 bridgehead atoms. The normalized spacial score (nSPS) is 21.4. The molecule has 2 unspecified atom stereocenters. The molecule has 2 amide bonds. The summed E-state index contributed by atoms with van der Waals surface area (Å²) in [7, 11) is -3.55. The Labute approximate surface area is 145 Å². The number of oxime groups is 1. The number of alkyl halides is 1. The number of rotatable bonds is 6. The third-order valence-corrected chi connectivity index (χ3v) is 4.96. The van der Waals surface area contributed by atoms with E-state index in [1.165, 1.54) is 12.5 Å². The summed E-state index contributed by atoms with van der Waals surface area (Å²) in [5.41, 5.74) is 5.36. The molecule has 0 aliphatic carbocycles. The SMILES string of the molecule is CO/N=C(\C(=O)NC1C(=O)N(S(=O)(=O)O)C1CCl)c1csc(N)n1. The molecule has 4 N–H and O–H groups in total. The number of carbonyl (C=O) groups excluding carboxylic acids is 2. The number of carbonyl (C=O) groups is 2. The first-order valence-corrected chi connectivity index (χ1v) is 9.01. The van der Waals surface area contributed by atoms with Gasteiger partial charge in [0.05, 0.1) is 6.04 Å². The van der Waals surface area contributed by atoms with Gasteiger partial charge >= 0.3 is 10.3 Å². The zero-order valence-corrected chi connectivity index (χ0v) is 14.4. The van der Waals surface area contributed by atoms with E-state index in [-0.39, 0.29) is 26.7 Å². The first-order chi connectivity index (χ1) is 11.2. The first-order valence-electron chi connectivity index (χ1n) is 6.20. The molecule has 2 heterocycles. The molecule has 1 aromatic heterocycles. The van der Waals surface area contributed by atoms with Crippen molar-refractivity contribution in [2.24, 2.45) is 5.16 Å². The van der Waals surface area contributed by atoms with Gasteiger partial charge in [-0.05, 0) is 0 Å². The smallest absolute Gasteiger partial charge is 0.362 e. The first kappa shape index (κ1) is 18.4. The van der Waals surface area contributed by atoms with Crippen molar-refractivity contribution in [2.75, 3.05) is 18.7 Å². The molecule has 0 saturated carbocycles. The topological polar surface area (TPSA) is 164 Å². The summed E-state index contributed by atoms with van der Waals surface area (Å²) in [4.78, 5) is 32.6. The molecule has 0 radical (unpaired) electrons. The number of amides is 2. The molecule has 11 nitrogen and oxygen atoms in total. The molecule has 2 atom stereocenters. The summed E-state index contributed by atoms with van der Waals surface area (Å²) in [5.74, 6) is -2.19. The van der Waals surface area contributed by atoms with E-state index in [4.69, 9.17) is 21.9 Å². The van der Waals surface area contributed by atoms with Crippen LogP contribution in [0.1, 0.15) is 5.69 Å². The highest BCUT2D eigenvalue weighted by Crippen LogP contribution is 2.24. The van der Waals surface area contributed by atoms with Crippen molar-refractivity contribution in [3.05, 3.63) is 11.1 Å². The lowest BCUT2D eigenvalue weighted by atomic mass is 10.0. The van der Waals surface area contributed by atoms with Crippen LogP contribution in [0.25, 0.3) is 0 Å². The number of nitrogens with zero attached hydrogens (tertiary/aromatic N) is 3. The molecule has 1 saturated heterocycles. The Morgan fingerprint density at radius 3 is 2.79 bits per heavy atom. The van der Waals surface area contributed by atoms with Crippen LogP contribution in [0.15, 0.2) is 10.5 Å². The van der Waals surface area contributed by atoms with Gasteiger partial charge in [-0.15, -0.1) is 22.9 Å². The molecule has 1 aliphatic rings. The molecule has 0 aromatic carbocycles. The Hall–Kier alpha value is -1.96. The molecule has 14 heteroatoms. The lowest BCUT2D eigenvalue weighted by molar-refractivity contribution is -0.143. The van der Waals surface area contributed by atoms with Crippen LogP contribution in [0.3, 0.4) is 0 Å². The average molecular weight is 398 g/mol. The third-order valence-electron chi connectivity index (χ3n) is 3.02. The lowest BCUT2D eigenvalue weighted by Gasteiger charge is -2.43. The predicted molar refractivity (Wildman–Crippen MR) is 84.9 cm³/mol. The maximum atomic E-state index is 12.3. The Kier molecular flexibility index (Phi) is 5.27. The number of nitrogens with two attached hydrogens (primary N) is 1. The number of nitrogen functional groups attached to an aromatic ring is 1. The van der Waals surface area contributed by atoms with Gasteiger partial charge in [0, 0.05) is 11.3 Å². The van der Waals surface area contributed by atoms with Crippen molar-refractivity contribution in [2.45, 2.75) is 12.1 Å². The van der Waals surface area contributed by atoms with E-state index in [0.717, 1.165) is 11.3 Å². The highest BCUT2D eigenvalue weighted by molar-refractivity contribution is 7.84. The molecule has 1 aromatic rings. The van der Waals surface area contributed by atoms with Crippen molar-refractivity contribution in [3.63, 3.8) is 0 Å². The molecule has 1 aliphatic heterocycles. The molecule has 132 valence electrons. The van der Waals surface area contributed by atoms with Gasteiger partial charge in [-0.2, -0.15) is 8.42 Å². The number of anilines is 1. The fourth-order valence-corrected chi connectivity index (χ4v) is 3.84. The van der Waals surface area contributed by atoms with Gasteiger partial charge in [0.2, 0.25) is 0 Å².